The number of hydrogen-bond donors (Lipinski definition) is 2. The van der Waals surface area contributed by atoms with E-state index < -0.39 is 12.1 Å². The second-order valence-electron chi connectivity index (χ2n) is 7.75. The van der Waals surface area contributed by atoms with Crippen molar-refractivity contribution in [1.82, 2.24) is 19.6 Å². The molecule has 2 heterocycles. The van der Waals surface area contributed by atoms with Gasteiger partial charge in [-0.3, -0.25) is 9.36 Å². The van der Waals surface area contributed by atoms with Gasteiger partial charge in [0.2, 0.25) is 0 Å². The SMILES string of the molecule is Cc1cc(C)n(C(c2ccccc2O)C(c2ccccc2O)n2nc(C)cc2C)n1. The van der Waals surface area contributed by atoms with E-state index in [1.807, 2.05) is 73.5 Å². The Morgan fingerprint density at radius 3 is 1.30 bits per heavy atom. The van der Waals surface area contributed by atoms with Gasteiger partial charge in [-0.15, -0.1) is 0 Å². The number of aromatic nitrogens is 4. The van der Waals surface area contributed by atoms with Gasteiger partial charge in [0.25, 0.3) is 0 Å². The molecule has 2 unspecified atom stereocenters. The van der Waals surface area contributed by atoms with Crippen molar-refractivity contribution in [3.8, 4) is 11.5 Å². The number of phenolic OH excluding ortho intramolecular Hbond substituents is 2. The Kier molecular flexibility index (Phi) is 5.08. The molecule has 0 aliphatic rings. The number of aromatic hydroxyl groups is 2. The molecule has 2 atom stereocenters. The number of benzene rings is 2. The Morgan fingerprint density at radius 1 is 0.633 bits per heavy atom. The van der Waals surface area contributed by atoms with Crippen molar-refractivity contribution in [3.63, 3.8) is 0 Å². The minimum absolute atomic E-state index is 0.178. The highest BCUT2D eigenvalue weighted by Crippen LogP contribution is 2.42. The summed E-state index contributed by atoms with van der Waals surface area (Å²) < 4.78 is 3.83. The van der Waals surface area contributed by atoms with E-state index in [0.29, 0.717) is 11.1 Å². The first-order valence-corrected chi connectivity index (χ1v) is 9.98. The monoisotopic (exact) mass is 402 g/mol. The maximum Gasteiger partial charge on any atom is 0.121 e. The van der Waals surface area contributed by atoms with Gasteiger partial charge in [0, 0.05) is 22.5 Å². The van der Waals surface area contributed by atoms with Gasteiger partial charge in [-0.2, -0.15) is 10.2 Å². The molecule has 2 aromatic heterocycles. The molecule has 2 aromatic carbocycles. The number of nitrogens with zero attached hydrogens (tertiary/aromatic N) is 4. The van der Waals surface area contributed by atoms with E-state index in [4.69, 9.17) is 10.2 Å². The molecule has 0 bridgehead atoms. The zero-order valence-electron chi connectivity index (χ0n) is 17.6. The van der Waals surface area contributed by atoms with E-state index in [1.54, 1.807) is 24.3 Å². The van der Waals surface area contributed by atoms with Crippen molar-refractivity contribution < 1.29 is 10.2 Å². The van der Waals surface area contributed by atoms with Gasteiger partial charge in [-0.25, -0.2) is 0 Å². The Hall–Kier alpha value is -3.54. The van der Waals surface area contributed by atoms with Crippen molar-refractivity contribution in [2.45, 2.75) is 39.8 Å². The van der Waals surface area contributed by atoms with E-state index in [0.717, 1.165) is 22.8 Å². The summed E-state index contributed by atoms with van der Waals surface area (Å²) in [5, 5.41) is 31.1. The zero-order chi connectivity index (χ0) is 21.4. The van der Waals surface area contributed by atoms with Crippen molar-refractivity contribution >= 4 is 0 Å². The highest BCUT2D eigenvalue weighted by molar-refractivity contribution is 5.42. The minimum Gasteiger partial charge on any atom is -0.508 e. The summed E-state index contributed by atoms with van der Waals surface area (Å²) in [7, 11) is 0. The number of para-hydroxylation sites is 2. The molecule has 0 aliphatic carbocycles. The van der Waals surface area contributed by atoms with Crippen molar-refractivity contribution in [3.05, 3.63) is 94.6 Å². The van der Waals surface area contributed by atoms with Crippen LogP contribution in [0.3, 0.4) is 0 Å². The summed E-state index contributed by atoms with van der Waals surface area (Å²) in [4.78, 5) is 0. The average molecular weight is 402 g/mol. The Morgan fingerprint density at radius 2 is 1.00 bits per heavy atom. The van der Waals surface area contributed by atoms with Gasteiger partial charge in [0.1, 0.15) is 23.6 Å². The molecule has 4 aromatic rings. The molecule has 0 saturated heterocycles. The molecule has 0 spiro atoms. The lowest BCUT2D eigenvalue weighted by Crippen LogP contribution is -2.28. The number of aryl methyl sites for hydroxylation is 4. The summed E-state index contributed by atoms with van der Waals surface area (Å²) in [6.45, 7) is 7.89. The quantitative estimate of drug-likeness (QED) is 0.511. The van der Waals surface area contributed by atoms with Crippen LogP contribution in [0.5, 0.6) is 11.5 Å². The van der Waals surface area contributed by atoms with Gasteiger partial charge >= 0.3 is 0 Å². The van der Waals surface area contributed by atoms with Gasteiger partial charge in [0.05, 0.1) is 11.4 Å². The maximum absolute atomic E-state index is 10.8. The Labute approximate surface area is 176 Å². The summed E-state index contributed by atoms with van der Waals surface area (Å²) in [6, 6.07) is 17.7. The molecule has 30 heavy (non-hydrogen) atoms. The average Bonchev–Trinajstić information content (AvgIpc) is 3.21. The maximum atomic E-state index is 10.8. The van der Waals surface area contributed by atoms with Crippen LogP contribution < -0.4 is 0 Å². The topological polar surface area (TPSA) is 76.1 Å². The molecule has 0 radical (unpaired) electrons. The summed E-state index contributed by atoms with van der Waals surface area (Å²) in [5.74, 6) is 0.356. The molecule has 0 saturated carbocycles. The molecule has 2 N–H and O–H groups in total. The van der Waals surface area contributed by atoms with Crippen LogP contribution in [0.25, 0.3) is 0 Å². The lowest BCUT2D eigenvalue weighted by atomic mass is 9.91. The second-order valence-corrected chi connectivity index (χ2v) is 7.75. The predicted octanol–water partition coefficient (Wildman–Crippen LogP) is 4.60. The normalized spacial score (nSPS) is 13.3. The fraction of sp³-hybridized carbons (Fsp3) is 0.250. The first kappa shape index (κ1) is 19.8. The third-order valence-corrected chi connectivity index (χ3v) is 5.43. The molecule has 0 aliphatic heterocycles. The van der Waals surface area contributed by atoms with Crippen molar-refractivity contribution in [2.24, 2.45) is 0 Å². The largest absolute Gasteiger partial charge is 0.508 e. The summed E-state index contributed by atoms with van der Waals surface area (Å²) in [5.41, 5.74) is 5.12. The lowest BCUT2D eigenvalue weighted by molar-refractivity contribution is 0.335. The van der Waals surface area contributed by atoms with E-state index in [1.165, 1.54) is 0 Å². The highest BCUT2D eigenvalue weighted by atomic mass is 16.3. The van der Waals surface area contributed by atoms with Crippen LogP contribution >= 0.6 is 0 Å². The first-order valence-electron chi connectivity index (χ1n) is 9.98. The zero-order valence-corrected chi connectivity index (χ0v) is 17.6. The van der Waals surface area contributed by atoms with Crippen LogP contribution in [0.2, 0.25) is 0 Å². The highest BCUT2D eigenvalue weighted by Gasteiger charge is 2.34. The van der Waals surface area contributed by atoms with E-state index in [9.17, 15) is 10.2 Å². The third kappa shape index (κ3) is 3.45. The molecule has 4 rings (SSSR count). The van der Waals surface area contributed by atoms with Gasteiger partial charge < -0.3 is 10.2 Å². The lowest BCUT2D eigenvalue weighted by Gasteiger charge is -2.31. The van der Waals surface area contributed by atoms with Crippen LogP contribution in [0, 0.1) is 27.7 Å². The van der Waals surface area contributed by atoms with E-state index >= 15 is 0 Å². The van der Waals surface area contributed by atoms with E-state index in [-0.39, 0.29) is 11.5 Å². The van der Waals surface area contributed by atoms with Crippen LogP contribution in [0.4, 0.5) is 0 Å². The number of hydrogen-bond acceptors (Lipinski definition) is 4. The van der Waals surface area contributed by atoms with Gasteiger partial charge in [0.15, 0.2) is 0 Å². The fourth-order valence-corrected chi connectivity index (χ4v) is 4.20. The number of phenols is 2. The molecule has 6 heteroatoms. The molecule has 0 fully saturated rings. The van der Waals surface area contributed by atoms with E-state index in [2.05, 4.69) is 0 Å². The van der Waals surface area contributed by atoms with Crippen LogP contribution in [-0.2, 0) is 0 Å². The Balaban J connectivity index is 2.06. The summed E-state index contributed by atoms with van der Waals surface area (Å²) in [6.07, 6.45) is 0. The molecular formula is C24H26N4O2. The molecule has 6 nitrogen and oxygen atoms in total. The van der Waals surface area contributed by atoms with Crippen molar-refractivity contribution in [2.75, 3.05) is 0 Å². The van der Waals surface area contributed by atoms with Crippen LogP contribution in [-0.4, -0.2) is 29.8 Å². The smallest absolute Gasteiger partial charge is 0.121 e. The first-order chi connectivity index (χ1) is 14.4. The predicted molar refractivity (Wildman–Crippen MR) is 116 cm³/mol. The third-order valence-electron chi connectivity index (χ3n) is 5.43. The summed E-state index contributed by atoms with van der Waals surface area (Å²) >= 11 is 0. The van der Waals surface area contributed by atoms with Crippen molar-refractivity contribution in [1.29, 1.82) is 0 Å². The molecule has 0 amide bonds. The molecule has 154 valence electrons. The minimum atomic E-state index is -0.425. The number of rotatable bonds is 5. The molecular weight excluding hydrogens is 376 g/mol. The van der Waals surface area contributed by atoms with Crippen LogP contribution in [0.15, 0.2) is 60.7 Å². The standard InChI is InChI=1S/C24H26N4O2/c1-15-13-17(3)27(25-15)23(19-9-5-7-11-21(19)29)24(20-10-6-8-12-22(20)30)28-18(4)14-16(2)26-28/h5-14,23-24,29-30H,1-4H3. The fourth-order valence-electron chi connectivity index (χ4n) is 4.20. The Bertz CT molecular complexity index is 1100. The van der Waals surface area contributed by atoms with Gasteiger partial charge in [-0.1, -0.05) is 36.4 Å². The second kappa shape index (κ2) is 7.71. The van der Waals surface area contributed by atoms with Crippen LogP contribution in [0.1, 0.15) is 46.0 Å². The van der Waals surface area contributed by atoms with Gasteiger partial charge in [-0.05, 0) is 52.0 Å².